The molecule has 2 aromatic heterocycles. The minimum absolute atomic E-state index is 0.0219. The predicted octanol–water partition coefficient (Wildman–Crippen LogP) is 5.70. The smallest absolute Gasteiger partial charge is 0.414 e. The standard InChI is InChI=1S/C27H33F2N5O4/c1-15(13-32-14-18(12-30-32)24(28)29)25-31-23-20-8-7-16(2)33(27(37)38-3)21(20)9-10-22(23)34(25)19-6-4-5-17(11-19)26(35)36/h9-10,12,14-17,19,24H,4-8,11,13H2,1-3H3,(H,35,36)/t15-,16-,17+,19+/m0/s1. The molecule has 1 fully saturated rings. The van der Waals surface area contributed by atoms with Crippen LogP contribution in [0, 0.1) is 5.92 Å². The molecule has 38 heavy (non-hydrogen) atoms. The Hall–Kier alpha value is -3.50. The molecule has 1 saturated carbocycles. The number of methoxy groups -OCH3 is 1. The minimum atomic E-state index is -2.59. The third-order valence-electron chi connectivity index (χ3n) is 8.02. The summed E-state index contributed by atoms with van der Waals surface area (Å²) in [5, 5.41) is 13.8. The lowest BCUT2D eigenvalue weighted by Crippen LogP contribution is -2.42. The van der Waals surface area contributed by atoms with Crippen LogP contribution in [-0.4, -0.2) is 49.7 Å². The molecular weight excluding hydrogens is 496 g/mol. The lowest BCUT2D eigenvalue weighted by molar-refractivity contribution is -0.143. The van der Waals surface area contributed by atoms with Gasteiger partial charge in [-0.1, -0.05) is 13.3 Å². The van der Waals surface area contributed by atoms with Crippen molar-refractivity contribution in [2.75, 3.05) is 12.0 Å². The molecule has 3 aromatic rings. The van der Waals surface area contributed by atoms with E-state index in [0.717, 1.165) is 53.8 Å². The largest absolute Gasteiger partial charge is 0.481 e. The highest BCUT2D eigenvalue weighted by Gasteiger charge is 2.35. The molecule has 0 saturated heterocycles. The zero-order valence-corrected chi connectivity index (χ0v) is 21.8. The Balaban J connectivity index is 1.61. The third-order valence-corrected chi connectivity index (χ3v) is 8.02. The van der Waals surface area contributed by atoms with E-state index in [2.05, 4.69) is 9.67 Å². The SMILES string of the molecule is COC(=O)N1c2ccc3c(nc([C@@H](C)Cn4cc(C(F)F)cn4)n3[C@@H]3CCC[C@@H](C(=O)O)C3)c2CC[C@@H]1C. The maximum atomic E-state index is 13.1. The van der Waals surface area contributed by atoms with Crippen LogP contribution in [0.2, 0.25) is 0 Å². The molecule has 0 unspecified atom stereocenters. The van der Waals surface area contributed by atoms with Crippen molar-refractivity contribution in [3.63, 3.8) is 0 Å². The van der Waals surface area contributed by atoms with E-state index in [1.165, 1.54) is 24.2 Å². The first-order valence-corrected chi connectivity index (χ1v) is 13.1. The van der Waals surface area contributed by atoms with Gasteiger partial charge in [0.15, 0.2) is 0 Å². The van der Waals surface area contributed by atoms with E-state index in [0.29, 0.717) is 19.4 Å². The number of anilines is 1. The van der Waals surface area contributed by atoms with Gasteiger partial charge in [0, 0.05) is 29.8 Å². The summed E-state index contributed by atoms with van der Waals surface area (Å²) < 4.78 is 35.0. The number of aryl methyl sites for hydroxylation is 1. The maximum Gasteiger partial charge on any atom is 0.414 e. The predicted molar refractivity (Wildman–Crippen MR) is 137 cm³/mol. The van der Waals surface area contributed by atoms with Crippen LogP contribution in [0.5, 0.6) is 0 Å². The highest BCUT2D eigenvalue weighted by molar-refractivity contribution is 5.95. The van der Waals surface area contributed by atoms with Crippen molar-refractivity contribution in [3.05, 3.63) is 41.5 Å². The van der Waals surface area contributed by atoms with E-state index in [1.54, 1.807) is 4.90 Å². The molecule has 0 spiro atoms. The molecule has 2 aliphatic rings. The molecule has 1 aliphatic heterocycles. The van der Waals surface area contributed by atoms with Gasteiger partial charge in [0.25, 0.3) is 6.43 Å². The number of hydrogen-bond donors (Lipinski definition) is 1. The number of ether oxygens (including phenoxy) is 1. The molecule has 1 aromatic carbocycles. The second-order valence-corrected chi connectivity index (χ2v) is 10.6. The number of carbonyl (C=O) groups is 2. The maximum absolute atomic E-state index is 13.1. The highest BCUT2D eigenvalue weighted by Crippen LogP contribution is 2.42. The molecule has 3 heterocycles. The Labute approximate surface area is 219 Å². The van der Waals surface area contributed by atoms with Gasteiger partial charge in [0.1, 0.15) is 5.82 Å². The average Bonchev–Trinajstić information content (AvgIpc) is 3.53. The topological polar surface area (TPSA) is 102 Å². The number of carbonyl (C=O) groups excluding carboxylic acids is 1. The lowest BCUT2D eigenvalue weighted by Gasteiger charge is -2.34. The Morgan fingerprint density at radius 3 is 2.71 bits per heavy atom. The summed E-state index contributed by atoms with van der Waals surface area (Å²) in [6.45, 7) is 4.31. The van der Waals surface area contributed by atoms with Crippen LogP contribution in [0.25, 0.3) is 11.0 Å². The van der Waals surface area contributed by atoms with Crippen molar-refractivity contribution in [1.29, 1.82) is 0 Å². The number of benzene rings is 1. The number of amides is 1. The zero-order chi connectivity index (χ0) is 27.1. The number of carboxylic acids is 1. The van der Waals surface area contributed by atoms with E-state index in [4.69, 9.17) is 9.72 Å². The third kappa shape index (κ3) is 4.63. The molecule has 4 atom stereocenters. The van der Waals surface area contributed by atoms with E-state index < -0.39 is 24.4 Å². The molecule has 1 N–H and O–H groups in total. The van der Waals surface area contributed by atoms with Crippen LogP contribution in [0.15, 0.2) is 24.5 Å². The molecule has 1 aliphatic carbocycles. The fourth-order valence-corrected chi connectivity index (χ4v) is 6.10. The quantitative estimate of drug-likeness (QED) is 0.440. The van der Waals surface area contributed by atoms with Crippen LogP contribution in [-0.2, 0) is 22.5 Å². The van der Waals surface area contributed by atoms with Crippen molar-refractivity contribution in [2.24, 2.45) is 5.92 Å². The summed E-state index contributed by atoms with van der Waals surface area (Å²) in [6.07, 6.45) is 3.79. The molecule has 204 valence electrons. The second-order valence-electron chi connectivity index (χ2n) is 10.6. The average molecular weight is 530 g/mol. The lowest BCUT2D eigenvalue weighted by atomic mass is 9.85. The minimum Gasteiger partial charge on any atom is -0.481 e. The summed E-state index contributed by atoms with van der Waals surface area (Å²) in [4.78, 5) is 31.2. The summed E-state index contributed by atoms with van der Waals surface area (Å²) in [5.74, 6) is -0.637. The summed E-state index contributed by atoms with van der Waals surface area (Å²) in [5.41, 5.74) is 3.29. The molecule has 0 radical (unpaired) electrons. The van der Waals surface area contributed by atoms with Gasteiger partial charge in [-0.25, -0.2) is 18.6 Å². The Morgan fingerprint density at radius 2 is 2.03 bits per heavy atom. The van der Waals surface area contributed by atoms with Crippen LogP contribution in [0.3, 0.4) is 0 Å². The molecular formula is C27H33F2N5O4. The number of aromatic nitrogens is 4. The highest BCUT2D eigenvalue weighted by atomic mass is 19.3. The Morgan fingerprint density at radius 1 is 1.24 bits per heavy atom. The Bertz CT molecular complexity index is 1350. The monoisotopic (exact) mass is 529 g/mol. The number of alkyl halides is 2. The van der Waals surface area contributed by atoms with Crippen LogP contribution < -0.4 is 4.90 Å². The fraction of sp³-hybridized carbons (Fsp3) is 0.556. The first kappa shape index (κ1) is 26.1. The van der Waals surface area contributed by atoms with Gasteiger partial charge >= 0.3 is 12.1 Å². The van der Waals surface area contributed by atoms with E-state index in [-0.39, 0.29) is 23.6 Å². The van der Waals surface area contributed by atoms with Crippen molar-refractivity contribution < 1.29 is 28.2 Å². The number of nitrogens with zero attached hydrogens (tertiary/aromatic N) is 5. The molecule has 9 nitrogen and oxygen atoms in total. The van der Waals surface area contributed by atoms with Gasteiger partial charge < -0.3 is 14.4 Å². The van der Waals surface area contributed by atoms with Crippen molar-refractivity contribution in [1.82, 2.24) is 19.3 Å². The molecule has 0 bridgehead atoms. The van der Waals surface area contributed by atoms with Gasteiger partial charge in [0.2, 0.25) is 0 Å². The number of hydrogen-bond acceptors (Lipinski definition) is 5. The second kappa shape index (κ2) is 10.3. The van der Waals surface area contributed by atoms with Crippen LogP contribution >= 0.6 is 0 Å². The number of halogens is 2. The zero-order valence-electron chi connectivity index (χ0n) is 21.8. The van der Waals surface area contributed by atoms with Gasteiger partial charge in [-0.15, -0.1) is 0 Å². The van der Waals surface area contributed by atoms with Gasteiger partial charge in [0.05, 0.1) is 48.1 Å². The van der Waals surface area contributed by atoms with Crippen molar-refractivity contribution in [3.8, 4) is 0 Å². The molecule has 5 rings (SSSR count). The summed E-state index contributed by atoms with van der Waals surface area (Å²) in [7, 11) is 1.37. The number of carboxylic acid groups (broad SMARTS) is 1. The Kier molecular flexibility index (Phi) is 7.11. The van der Waals surface area contributed by atoms with Gasteiger partial charge in [-0.05, 0) is 51.2 Å². The molecule has 1 amide bonds. The number of rotatable bonds is 6. The van der Waals surface area contributed by atoms with Crippen molar-refractivity contribution >= 4 is 28.8 Å². The first-order valence-electron chi connectivity index (χ1n) is 13.1. The van der Waals surface area contributed by atoms with E-state index >= 15 is 0 Å². The molecule has 11 heteroatoms. The fourth-order valence-electron chi connectivity index (χ4n) is 6.10. The van der Waals surface area contributed by atoms with Crippen LogP contribution in [0.4, 0.5) is 19.3 Å². The van der Waals surface area contributed by atoms with Crippen molar-refractivity contribution in [2.45, 2.75) is 83.3 Å². The van der Waals surface area contributed by atoms with E-state index in [1.807, 2.05) is 26.0 Å². The van der Waals surface area contributed by atoms with Gasteiger partial charge in [-0.2, -0.15) is 5.10 Å². The summed E-state index contributed by atoms with van der Waals surface area (Å²) >= 11 is 0. The van der Waals surface area contributed by atoms with Gasteiger partial charge in [-0.3, -0.25) is 14.4 Å². The first-order chi connectivity index (χ1) is 18.2. The van der Waals surface area contributed by atoms with Crippen LogP contribution in [0.1, 0.15) is 81.3 Å². The summed E-state index contributed by atoms with van der Waals surface area (Å²) in [6, 6.07) is 3.81. The number of aliphatic carboxylic acids is 1. The number of fused-ring (bicyclic) bond motifs is 3. The normalized spacial score (nSPS) is 22.5. The number of imidazole rings is 1. The van der Waals surface area contributed by atoms with E-state index in [9.17, 15) is 23.5 Å².